The molecular formula is C16H23N6O3+. The summed E-state index contributed by atoms with van der Waals surface area (Å²) in [6.45, 7) is 8.69. The average Bonchev–Trinajstić information content (AvgIpc) is 3.00. The second kappa shape index (κ2) is 6.40. The number of carbonyl (C=O) groups is 2. The quantitative estimate of drug-likeness (QED) is 0.515. The Balaban J connectivity index is 2.04. The van der Waals surface area contributed by atoms with Crippen molar-refractivity contribution in [2.45, 2.75) is 25.9 Å². The zero-order valence-corrected chi connectivity index (χ0v) is 15.0. The van der Waals surface area contributed by atoms with E-state index in [1.165, 1.54) is 9.80 Å². The highest BCUT2D eigenvalue weighted by Gasteiger charge is 2.55. The number of hydrogen-bond donors (Lipinski definition) is 0. The van der Waals surface area contributed by atoms with E-state index < -0.39 is 12.1 Å². The van der Waals surface area contributed by atoms with Gasteiger partial charge in [-0.25, -0.2) is 9.37 Å². The van der Waals surface area contributed by atoms with Crippen LogP contribution in [0.3, 0.4) is 0 Å². The SMILES string of the molecule is C=CCN1C(=O)C2C(=NC3=[N+]2C(C)C(C)=NN3CCOC)N(C)C1=O. The first kappa shape index (κ1) is 17.3. The lowest BCUT2D eigenvalue weighted by Crippen LogP contribution is -2.64. The van der Waals surface area contributed by atoms with Crippen LogP contribution >= 0.6 is 0 Å². The van der Waals surface area contributed by atoms with E-state index in [1.807, 2.05) is 18.4 Å². The molecule has 0 aromatic rings. The Kier molecular flexibility index (Phi) is 4.42. The predicted molar refractivity (Wildman–Crippen MR) is 92.7 cm³/mol. The smallest absolute Gasteiger partial charge is 0.381 e. The summed E-state index contributed by atoms with van der Waals surface area (Å²) in [5.41, 5.74) is 0.874. The Morgan fingerprint density at radius 2 is 2.12 bits per heavy atom. The Labute approximate surface area is 146 Å². The van der Waals surface area contributed by atoms with Crippen LogP contribution in [0.4, 0.5) is 4.79 Å². The van der Waals surface area contributed by atoms with Crippen molar-refractivity contribution < 1.29 is 18.9 Å². The molecule has 3 heterocycles. The van der Waals surface area contributed by atoms with Crippen LogP contribution in [0.5, 0.6) is 0 Å². The van der Waals surface area contributed by atoms with Crippen LogP contribution in [0.1, 0.15) is 13.8 Å². The first-order valence-electron chi connectivity index (χ1n) is 8.17. The maximum atomic E-state index is 13.0. The van der Waals surface area contributed by atoms with Crippen molar-refractivity contribution in [2.75, 3.05) is 33.9 Å². The van der Waals surface area contributed by atoms with E-state index in [4.69, 9.17) is 4.74 Å². The Morgan fingerprint density at radius 3 is 2.76 bits per heavy atom. The average molecular weight is 347 g/mol. The third-order valence-corrected chi connectivity index (χ3v) is 4.68. The van der Waals surface area contributed by atoms with Gasteiger partial charge in [-0.15, -0.1) is 16.7 Å². The van der Waals surface area contributed by atoms with Crippen molar-refractivity contribution in [1.29, 1.82) is 0 Å². The zero-order valence-electron chi connectivity index (χ0n) is 15.0. The predicted octanol–water partition coefficient (Wildman–Crippen LogP) is -0.0580. The fraction of sp³-hybridized carbons (Fsp3) is 0.562. The van der Waals surface area contributed by atoms with E-state index in [0.29, 0.717) is 24.9 Å². The van der Waals surface area contributed by atoms with E-state index in [-0.39, 0.29) is 18.5 Å². The minimum atomic E-state index is -0.636. The molecule has 3 amide bonds. The lowest BCUT2D eigenvalue weighted by molar-refractivity contribution is -0.559. The number of carbonyl (C=O) groups excluding carboxylic acids is 2. The number of nitrogens with zero attached hydrogens (tertiary/aromatic N) is 6. The standard InChI is InChI=1S/C16H23N6O3/c1-6-7-20-14(23)12-13(19(4)16(20)24)17-15-21(8-9-25-5)18-10(2)11(3)22(12)15/h6,11-12H,1,7-9H2,2-5H3/q+1. The topological polar surface area (TPSA) is 80.8 Å². The van der Waals surface area contributed by atoms with Crippen LogP contribution in [-0.4, -0.2) is 94.8 Å². The van der Waals surface area contributed by atoms with Crippen LogP contribution in [0.25, 0.3) is 0 Å². The van der Waals surface area contributed by atoms with Crippen LogP contribution in [0.15, 0.2) is 22.7 Å². The lowest BCUT2D eigenvalue weighted by atomic mass is 10.1. The van der Waals surface area contributed by atoms with Crippen molar-refractivity contribution >= 4 is 29.4 Å². The summed E-state index contributed by atoms with van der Waals surface area (Å²) in [4.78, 5) is 32.7. The van der Waals surface area contributed by atoms with E-state index in [9.17, 15) is 9.59 Å². The summed E-state index contributed by atoms with van der Waals surface area (Å²) >= 11 is 0. The molecule has 134 valence electrons. The molecule has 25 heavy (non-hydrogen) atoms. The molecule has 1 saturated heterocycles. The van der Waals surface area contributed by atoms with Gasteiger partial charge < -0.3 is 4.74 Å². The molecule has 1 fully saturated rings. The number of guanidine groups is 1. The van der Waals surface area contributed by atoms with Crippen molar-refractivity contribution in [3.05, 3.63) is 12.7 Å². The van der Waals surface area contributed by atoms with Crippen molar-refractivity contribution in [2.24, 2.45) is 10.1 Å². The fourth-order valence-electron chi connectivity index (χ4n) is 3.20. The summed E-state index contributed by atoms with van der Waals surface area (Å²) in [5.74, 6) is 0.720. The number of hydrogen-bond acceptors (Lipinski definition) is 6. The largest absolute Gasteiger partial charge is 0.417 e. The first-order chi connectivity index (χ1) is 11.9. The number of likely N-dealkylation sites (N-methyl/N-ethyl adjacent to an activating group) is 1. The third kappa shape index (κ3) is 2.55. The highest BCUT2D eigenvalue weighted by molar-refractivity contribution is 6.23. The number of ether oxygens (including phenoxy) is 1. The van der Waals surface area contributed by atoms with Gasteiger partial charge in [-0.05, 0) is 13.8 Å². The Morgan fingerprint density at radius 1 is 1.40 bits per heavy atom. The number of urea groups is 1. The summed E-state index contributed by atoms with van der Waals surface area (Å²) in [7, 11) is 3.25. The number of amides is 3. The molecule has 3 rings (SSSR count). The molecule has 3 aliphatic heterocycles. The molecule has 9 nitrogen and oxygen atoms in total. The van der Waals surface area contributed by atoms with Crippen molar-refractivity contribution in [1.82, 2.24) is 14.8 Å². The molecule has 2 atom stereocenters. The number of fused-ring (bicyclic) bond motifs is 2. The number of methoxy groups -OCH3 is 1. The monoisotopic (exact) mass is 347 g/mol. The molecule has 0 radical (unpaired) electrons. The zero-order chi connectivity index (χ0) is 18.3. The molecule has 0 aromatic heterocycles. The normalized spacial score (nSPS) is 25.8. The van der Waals surface area contributed by atoms with Gasteiger partial charge in [0.2, 0.25) is 11.9 Å². The molecule has 0 aromatic carbocycles. The highest BCUT2D eigenvalue weighted by atomic mass is 16.5. The molecule has 0 spiro atoms. The van der Waals surface area contributed by atoms with E-state index >= 15 is 0 Å². The van der Waals surface area contributed by atoms with Gasteiger partial charge in [0.15, 0.2) is 0 Å². The van der Waals surface area contributed by atoms with Gasteiger partial charge in [0.05, 0.1) is 12.3 Å². The van der Waals surface area contributed by atoms with E-state index in [2.05, 4.69) is 16.7 Å². The Bertz CT molecular complexity index is 725. The van der Waals surface area contributed by atoms with Crippen molar-refractivity contribution in [3.63, 3.8) is 0 Å². The maximum absolute atomic E-state index is 13.0. The molecule has 0 aliphatic carbocycles. The molecule has 0 bridgehead atoms. The number of hydrazone groups is 1. The van der Waals surface area contributed by atoms with Gasteiger partial charge >= 0.3 is 12.0 Å². The second-order valence-corrected chi connectivity index (χ2v) is 6.19. The minimum Gasteiger partial charge on any atom is -0.381 e. The van der Waals surface area contributed by atoms with Gasteiger partial charge in [-0.1, -0.05) is 11.1 Å². The summed E-state index contributed by atoms with van der Waals surface area (Å²) in [6.07, 6.45) is 1.54. The van der Waals surface area contributed by atoms with Crippen LogP contribution in [0.2, 0.25) is 0 Å². The van der Waals surface area contributed by atoms with Gasteiger partial charge in [-0.2, -0.15) is 0 Å². The fourth-order valence-corrected chi connectivity index (χ4v) is 3.20. The van der Waals surface area contributed by atoms with Crippen LogP contribution in [0, 0.1) is 0 Å². The third-order valence-electron chi connectivity index (χ3n) is 4.68. The summed E-state index contributed by atoms with van der Waals surface area (Å²) in [6, 6.07) is -1.13. The van der Waals surface area contributed by atoms with E-state index in [1.54, 1.807) is 25.2 Å². The first-order valence-corrected chi connectivity index (χ1v) is 8.17. The Hall–Kier alpha value is -2.55. The molecule has 0 N–H and O–H groups in total. The molecule has 2 unspecified atom stereocenters. The number of imide groups is 1. The molecule has 9 heteroatoms. The maximum Gasteiger partial charge on any atom is 0.417 e. The van der Waals surface area contributed by atoms with Crippen LogP contribution in [-0.2, 0) is 9.53 Å². The van der Waals surface area contributed by atoms with Crippen LogP contribution < -0.4 is 0 Å². The minimum absolute atomic E-state index is 0.101. The van der Waals surface area contributed by atoms with Gasteiger partial charge in [0.25, 0.3) is 5.91 Å². The number of aliphatic imine (C=N–C) groups is 1. The highest BCUT2D eigenvalue weighted by Crippen LogP contribution is 2.25. The van der Waals surface area contributed by atoms with E-state index in [0.717, 1.165) is 5.71 Å². The molecular weight excluding hydrogens is 324 g/mol. The van der Waals surface area contributed by atoms with Crippen molar-refractivity contribution in [3.8, 4) is 0 Å². The van der Waals surface area contributed by atoms with Gasteiger partial charge in [-0.3, -0.25) is 14.6 Å². The van der Waals surface area contributed by atoms with Gasteiger partial charge in [0, 0.05) is 20.7 Å². The second-order valence-electron chi connectivity index (χ2n) is 6.19. The summed E-state index contributed by atoms with van der Waals surface area (Å²) < 4.78 is 7.07. The molecule has 3 aliphatic rings. The number of rotatable bonds is 5. The van der Waals surface area contributed by atoms with Gasteiger partial charge in [0.1, 0.15) is 12.6 Å². The molecule has 0 saturated carbocycles. The lowest BCUT2D eigenvalue weighted by Gasteiger charge is -2.35. The summed E-state index contributed by atoms with van der Waals surface area (Å²) in [5, 5.41) is 6.30. The number of amidine groups is 1.